The maximum atomic E-state index is 15.8. The van der Waals surface area contributed by atoms with Gasteiger partial charge in [0.05, 0.1) is 46.7 Å². The van der Waals surface area contributed by atoms with Crippen LogP contribution in [0, 0.1) is 116 Å². The molecular weight excluding hydrogens is 1000 g/mol. The molecule has 0 radical (unpaired) electrons. The molecule has 0 spiro atoms. The second kappa shape index (κ2) is 20.0. The van der Waals surface area contributed by atoms with E-state index in [1.807, 2.05) is 13.8 Å². The number of esters is 7. The van der Waals surface area contributed by atoms with Crippen molar-refractivity contribution in [3.8, 4) is 0 Å². The molecule has 2 aliphatic heterocycles. The molecule has 12 saturated carbocycles. The van der Waals surface area contributed by atoms with Crippen molar-refractivity contribution in [1.29, 1.82) is 0 Å². The summed E-state index contributed by atoms with van der Waals surface area (Å²) in [4.78, 5) is 102. The fourth-order valence-corrected chi connectivity index (χ4v) is 21.5. The first-order valence-electron chi connectivity index (χ1n) is 31.7. The van der Waals surface area contributed by atoms with Gasteiger partial charge < -0.3 is 33.2 Å². The van der Waals surface area contributed by atoms with Gasteiger partial charge in [-0.15, -0.1) is 0 Å². The Labute approximate surface area is 469 Å². The van der Waals surface area contributed by atoms with Crippen LogP contribution in [0.3, 0.4) is 0 Å². The van der Waals surface area contributed by atoms with Crippen molar-refractivity contribution in [2.45, 2.75) is 233 Å². The van der Waals surface area contributed by atoms with Gasteiger partial charge in [-0.05, 0) is 241 Å². The number of ether oxygens (including phenoxy) is 7. The highest BCUT2D eigenvalue weighted by atomic mass is 16.6. The SMILES string of the molecule is CC1C2CCC(C2)C1CC(CC(C)(CC(C)(CC(C)(C)C(=O)OC(C)(C)CCOC(=O)C12CC3CC(CC(C3)C1)C2)C(=O)OC1C2CC3C(=O)OC1C3C2)C(=O)OC1CCOC1=O)C(=O)OC1(C(C)C)C2CC3CC(C2)CC1C3. The maximum Gasteiger partial charge on any atom is 0.347 e. The Bertz CT molecular complexity index is 2390. The molecule has 438 valence electrons. The number of carbonyl (C=O) groups is 7. The third-order valence-electron chi connectivity index (χ3n) is 24.4. The summed E-state index contributed by atoms with van der Waals surface area (Å²) in [7, 11) is 0. The molecule has 12 aliphatic carbocycles. The summed E-state index contributed by atoms with van der Waals surface area (Å²) in [6, 6.07) is 0. The van der Waals surface area contributed by atoms with E-state index in [1.165, 1.54) is 32.1 Å². The highest BCUT2D eigenvalue weighted by Crippen LogP contribution is 2.64. The van der Waals surface area contributed by atoms with Crippen molar-refractivity contribution >= 4 is 41.8 Å². The molecule has 0 N–H and O–H groups in total. The Morgan fingerprint density at radius 1 is 0.671 bits per heavy atom. The molecule has 2 heterocycles. The largest absolute Gasteiger partial charge is 0.465 e. The fraction of sp³-hybridized carbons (Fsp3) is 0.892. The van der Waals surface area contributed by atoms with Crippen molar-refractivity contribution in [3.05, 3.63) is 0 Å². The van der Waals surface area contributed by atoms with Gasteiger partial charge in [-0.25, -0.2) is 4.79 Å². The highest BCUT2D eigenvalue weighted by Gasteiger charge is 2.66. The van der Waals surface area contributed by atoms with E-state index in [-0.39, 0.29) is 105 Å². The minimum absolute atomic E-state index is 0.0133. The first-order chi connectivity index (χ1) is 37.3. The van der Waals surface area contributed by atoms with Gasteiger partial charge in [-0.3, -0.25) is 28.8 Å². The van der Waals surface area contributed by atoms with Crippen LogP contribution in [0.15, 0.2) is 0 Å². The van der Waals surface area contributed by atoms with Gasteiger partial charge in [-0.1, -0.05) is 20.8 Å². The molecule has 14 rings (SSSR count). The zero-order valence-corrected chi connectivity index (χ0v) is 49.2. The van der Waals surface area contributed by atoms with Crippen LogP contribution < -0.4 is 0 Å². The number of fused-ring (bicyclic) bond motifs is 3. The molecule has 2 saturated heterocycles. The summed E-state index contributed by atoms with van der Waals surface area (Å²) >= 11 is 0. The third-order valence-corrected chi connectivity index (χ3v) is 24.4. The number of rotatable bonds is 21. The maximum absolute atomic E-state index is 15.8. The molecule has 14 aliphatic rings. The first kappa shape index (κ1) is 55.8. The predicted molar refractivity (Wildman–Crippen MR) is 287 cm³/mol. The van der Waals surface area contributed by atoms with E-state index in [0.717, 1.165) is 57.8 Å². The summed E-state index contributed by atoms with van der Waals surface area (Å²) in [6.07, 6.45) is 14.7. The van der Waals surface area contributed by atoms with Crippen LogP contribution in [-0.2, 0) is 66.7 Å². The number of cyclic esters (lactones) is 1. The van der Waals surface area contributed by atoms with Crippen molar-refractivity contribution in [2.24, 2.45) is 116 Å². The fourth-order valence-electron chi connectivity index (χ4n) is 21.5. The Kier molecular flexibility index (Phi) is 14.1. The average Bonchev–Trinajstić information content (AvgIpc) is 4.39. The predicted octanol–water partition coefficient (Wildman–Crippen LogP) is 11.1. The minimum atomic E-state index is -1.61. The van der Waals surface area contributed by atoms with Crippen LogP contribution >= 0.6 is 0 Å². The van der Waals surface area contributed by atoms with Crippen LogP contribution in [-0.4, -0.2) is 84.5 Å². The molecule has 14 fully saturated rings. The number of carbonyl (C=O) groups excluding carboxylic acids is 7. The molecular formula is C65H94O14. The number of hydrogen-bond acceptors (Lipinski definition) is 14. The highest BCUT2D eigenvalue weighted by molar-refractivity contribution is 5.86. The Morgan fingerprint density at radius 3 is 1.89 bits per heavy atom. The van der Waals surface area contributed by atoms with Gasteiger partial charge in [-0.2, -0.15) is 0 Å². The molecule has 79 heavy (non-hydrogen) atoms. The first-order valence-corrected chi connectivity index (χ1v) is 31.7. The van der Waals surface area contributed by atoms with E-state index < -0.39 is 81.0 Å². The minimum Gasteiger partial charge on any atom is -0.465 e. The summed E-state index contributed by atoms with van der Waals surface area (Å²) in [5.41, 5.74) is -6.65. The van der Waals surface area contributed by atoms with Crippen LogP contribution in [0.1, 0.15) is 204 Å². The van der Waals surface area contributed by atoms with E-state index in [1.54, 1.807) is 27.7 Å². The Morgan fingerprint density at radius 2 is 1.29 bits per heavy atom. The second-order valence-electron chi connectivity index (χ2n) is 31.4. The van der Waals surface area contributed by atoms with Crippen LogP contribution in [0.5, 0.6) is 0 Å². The lowest BCUT2D eigenvalue weighted by Crippen LogP contribution is -2.62. The molecule has 0 aromatic heterocycles. The molecule has 0 aromatic rings. The Hall–Kier alpha value is -3.71. The van der Waals surface area contributed by atoms with Gasteiger partial charge in [0.15, 0.2) is 0 Å². The molecule has 13 atom stereocenters. The molecule has 13 unspecified atom stereocenters. The Balaban J connectivity index is 0.836. The van der Waals surface area contributed by atoms with Crippen molar-refractivity contribution < 1.29 is 66.7 Å². The standard InChI is InChI=1S/C65H94O14/c1-34(2)65(45-20-36-16-37(22-45)23-46(65)21-36)78-53(66)44(27-47-35(3)41-10-11-42(47)24-41)31-62(8,57(70)75-50-12-14-73-55(50)68)33-63(9,58(71)77-51-43-25-48-49(26-43)54(67)76-52(48)51)32-60(4,5)56(69)79-61(6,7)13-15-74-59(72)64-28-38-17-39(29-64)19-40(18-38)30-64/h34-52H,10-33H2,1-9H3. The second-order valence-corrected chi connectivity index (χ2v) is 31.4. The molecule has 0 aromatic carbocycles. The average molecular weight is 1100 g/mol. The van der Waals surface area contributed by atoms with E-state index in [2.05, 4.69) is 20.8 Å². The summed E-state index contributed by atoms with van der Waals surface area (Å²) in [5, 5.41) is 0. The zero-order valence-electron chi connectivity index (χ0n) is 49.2. The lowest BCUT2D eigenvalue weighted by atomic mass is 9.47. The van der Waals surface area contributed by atoms with Gasteiger partial charge in [0.25, 0.3) is 0 Å². The van der Waals surface area contributed by atoms with E-state index in [4.69, 9.17) is 33.2 Å². The molecule has 14 heteroatoms. The summed E-state index contributed by atoms with van der Waals surface area (Å²) in [5.74, 6) is 1.05. The molecule has 14 nitrogen and oxygen atoms in total. The van der Waals surface area contributed by atoms with Gasteiger partial charge >= 0.3 is 41.8 Å². The van der Waals surface area contributed by atoms with Crippen molar-refractivity contribution in [1.82, 2.24) is 0 Å². The number of hydrogen-bond donors (Lipinski definition) is 0. The molecule has 0 amide bonds. The van der Waals surface area contributed by atoms with Crippen molar-refractivity contribution in [2.75, 3.05) is 13.2 Å². The van der Waals surface area contributed by atoms with E-state index >= 15 is 14.4 Å². The summed E-state index contributed by atoms with van der Waals surface area (Å²) in [6.45, 7) is 17.5. The quantitative estimate of drug-likeness (QED) is 0.0781. The van der Waals surface area contributed by atoms with Gasteiger partial charge in [0.2, 0.25) is 6.10 Å². The lowest BCUT2D eigenvalue weighted by Gasteiger charge is -2.62. The zero-order chi connectivity index (χ0) is 55.9. The third kappa shape index (κ3) is 9.87. The normalized spacial score (nSPS) is 42.6. The van der Waals surface area contributed by atoms with E-state index in [0.29, 0.717) is 66.6 Å². The van der Waals surface area contributed by atoms with Gasteiger partial charge in [0, 0.05) is 24.7 Å². The van der Waals surface area contributed by atoms with Crippen molar-refractivity contribution in [3.63, 3.8) is 0 Å². The van der Waals surface area contributed by atoms with Crippen LogP contribution in [0.4, 0.5) is 0 Å². The van der Waals surface area contributed by atoms with Crippen LogP contribution in [0.25, 0.3) is 0 Å². The monoisotopic (exact) mass is 1100 g/mol. The smallest absolute Gasteiger partial charge is 0.347 e. The topological polar surface area (TPSA) is 184 Å². The molecule has 12 bridgehead atoms. The van der Waals surface area contributed by atoms with Crippen LogP contribution in [0.2, 0.25) is 0 Å². The summed E-state index contributed by atoms with van der Waals surface area (Å²) < 4.78 is 43.7. The van der Waals surface area contributed by atoms with E-state index in [9.17, 15) is 19.2 Å². The lowest BCUT2D eigenvalue weighted by molar-refractivity contribution is -0.229. The van der Waals surface area contributed by atoms with Gasteiger partial charge in [0.1, 0.15) is 23.4 Å².